The fourth-order valence-electron chi connectivity index (χ4n) is 1.91. The van der Waals surface area contributed by atoms with Crippen molar-refractivity contribution in [2.75, 3.05) is 26.7 Å². The molecule has 1 atom stereocenters. The van der Waals surface area contributed by atoms with Gasteiger partial charge in [0.05, 0.1) is 0 Å². The van der Waals surface area contributed by atoms with E-state index in [0.29, 0.717) is 5.92 Å². The lowest BCUT2D eigenvalue weighted by molar-refractivity contribution is -0.138. The molecule has 0 aromatic carbocycles. The van der Waals surface area contributed by atoms with E-state index in [9.17, 15) is 4.79 Å². The predicted molar refractivity (Wildman–Crippen MR) is 58.1 cm³/mol. The highest BCUT2D eigenvalue weighted by atomic mass is 16.2. The number of hydrogen-bond acceptors (Lipinski definition) is 2. The summed E-state index contributed by atoms with van der Waals surface area (Å²) in [5, 5.41) is 3.32. The zero-order valence-electron chi connectivity index (χ0n) is 9.76. The lowest BCUT2D eigenvalue weighted by Gasteiger charge is -2.27. The van der Waals surface area contributed by atoms with Crippen LogP contribution in [0.2, 0.25) is 0 Å². The Morgan fingerprint density at radius 3 is 2.57 bits per heavy atom. The maximum atomic E-state index is 11.9. The summed E-state index contributed by atoms with van der Waals surface area (Å²) in [6.07, 6.45) is 1.20. The van der Waals surface area contributed by atoms with Gasteiger partial charge >= 0.3 is 0 Å². The summed E-state index contributed by atoms with van der Waals surface area (Å²) in [5.74, 6) is 0.885. The van der Waals surface area contributed by atoms with Crippen molar-refractivity contribution < 1.29 is 4.79 Å². The molecule has 14 heavy (non-hydrogen) atoms. The first-order valence-electron chi connectivity index (χ1n) is 5.37. The second-order valence-electron chi connectivity index (χ2n) is 5.29. The van der Waals surface area contributed by atoms with Crippen molar-refractivity contribution in [1.82, 2.24) is 10.2 Å². The molecule has 1 amide bonds. The van der Waals surface area contributed by atoms with Crippen molar-refractivity contribution in [2.45, 2.75) is 27.2 Å². The Balaban J connectivity index is 2.41. The van der Waals surface area contributed by atoms with Gasteiger partial charge in [0.2, 0.25) is 5.91 Å². The monoisotopic (exact) mass is 198 g/mol. The third kappa shape index (κ3) is 2.98. The zero-order chi connectivity index (χ0) is 10.8. The average molecular weight is 198 g/mol. The first-order valence-corrected chi connectivity index (χ1v) is 5.37. The summed E-state index contributed by atoms with van der Waals surface area (Å²) >= 11 is 0. The van der Waals surface area contributed by atoms with Gasteiger partial charge in [-0.3, -0.25) is 4.79 Å². The van der Waals surface area contributed by atoms with E-state index in [1.807, 2.05) is 32.7 Å². The Bertz CT molecular complexity index is 202. The molecule has 0 radical (unpaired) electrons. The molecule has 1 heterocycles. The first-order chi connectivity index (χ1) is 6.41. The maximum absolute atomic E-state index is 11.9. The highest BCUT2D eigenvalue weighted by Crippen LogP contribution is 2.18. The van der Waals surface area contributed by atoms with E-state index in [2.05, 4.69) is 5.32 Å². The molecule has 1 fully saturated rings. The molecule has 3 heteroatoms. The van der Waals surface area contributed by atoms with E-state index in [1.54, 1.807) is 0 Å². The Hall–Kier alpha value is -0.570. The summed E-state index contributed by atoms with van der Waals surface area (Å²) in [6, 6.07) is 0. The van der Waals surface area contributed by atoms with Crippen molar-refractivity contribution in [3.8, 4) is 0 Å². The van der Waals surface area contributed by atoms with Crippen LogP contribution in [0.15, 0.2) is 0 Å². The Kier molecular flexibility index (Phi) is 3.53. The number of rotatable bonds is 2. The van der Waals surface area contributed by atoms with Gasteiger partial charge in [-0.15, -0.1) is 0 Å². The van der Waals surface area contributed by atoms with Gasteiger partial charge in [-0.25, -0.2) is 0 Å². The molecule has 1 aliphatic heterocycles. The standard InChI is InChI=1S/C11H22N2O/c1-11(2,3)10(14)13(4)8-9-5-6-12-7-9/h9,12H,5-8H2,1-4H3. The molecule has 0 bridgehead atoms. The molecule has 3 nitrogen and oxygen atoms in total. The van der Waals surface area contributed by atoms with Crippen molar-refractivity contribution in [1.29, 1.82) is 0 Å². The minimum atomic E-state index is -0.249. The molecule has 1 saturated heterocycles. The molecule has 1 N–H and O–H groups in total. The summed E-state index contributed by atoms with van der Waals surface area (Å²) in [5.41, 5.74) is -0.249. The molecule has 0 aliphatic carbocycles. The quantitative estimate of drug-likeness (QED) is 0.720. The lowest BCUT2D eigenvalue weighted by atomic mass is 9.94. The van der Waals surface area contributed by atoms with Crippen LogP contribution in [0.3, 0.4) is 0 Å². The van der Waals surface area contributed by atoms with Crippen LogP contribution in [-0.4, -0.2) is 37.5 Å². The minimum absolute atomic E-state index is 0.240. The summed E-state index contributed by atoms with van der Waals surface area (Å²) in [6.45, 7) is 8.96. The third-order valence-electron chi connectivity index (χ3n) is 2.68. The van der Waals surface area contributed by atoms with Gasteiger partial charge < -0.3 is 10.2 Å². The highest BCUT2D eigenvalue weighted by Gasteiger charge is 2.27. The minimum Gasteiger partial charge on any atom is -0.345 e. The van der Waals surface area contributed by atoms with E-state index >= 15 is 0 Å². The van der Waals surface area contributed by atoms with Crippen LogP contribution >= 0.6 is 0 Å². The van der Waals surface area contributed by atoms with Crippen LogP contribution in [0.4, 0.5) is 0 Å². The second kappa shape index (κ2) is 4.30. The molecule has 0 aromatic rings. The fraction of sp³-hybridized carbons (Fsp3) is 0.909. The number of amides is 1. The van der Waals surface area contributed by atoms with Crippen LogP contribution < -0.4 is 5.32 Å². The van der Waals surface area contributed by atoms with Gasteiger partial charge in [0.15, 0.2) is 0 Å². The third-order valence-corrected chi connectivity index (χ3v) is 2.68. The van der Waals surface area contributed by atoms with Gasteiger partial charge in [-0.1, -0.05) is 20.8 Å². The molecular formula is C11H22N2O. The van der Waals surface area contributed by atoms with Crippen molar-refractivity contribution in [3.05, 3.63) is 0 Å². The van der Waals surface area contributed by atoms with Gasteiger partial charge in [-0.2, -0.15) is 0 Å². The Morgan fingerprint density at radius 2 is 2.14 bits per heavy atom. The Labute approximate surface area is 86.9 Å². The molecule has 0 spiro atoms. The fourth-order valence-corrected chi connectivity index (χ4v) is 1.91. The summed E-state index contributed by atoms with van der Waals surface area (Å²) < 4.78 is 0. The van der Waals surface area contributed by atoms with Crippen molar-refractivity contribution >= 4 is 5.91 Å². The molecule has 1 rings (SSSR count). The number of nitrogens with one attached hydrogen (secondary N) is 1. The smallest absolute Gasteiger partial charge is 0.227 e. The van der Waals surface area contributed by atoms with Crippen molar-refractivity contribution in [3.63, 3.8) is 0 Å². The summed E-state index contributed by atoms with van der Waals surface area (Å²) in [7, 11) is 1.91. The number of carbonyl (C=O) groups is 1. The topological polar surface area (TPSA) is 32.3 Å². The number of hydrogen-bond donors (Lipinski definition) is 1. The maximum Gasteiger partial charge on any atom is 0.227 e. The molecule has 1 unspecified atom stereocenters. The van der Waals surface area contributed by atoms with E-state index in [0.717, 1.165) is 19.6 Å². The predicted octanol–water partition coefficient (Wildman–Crippen LogP) is 1.10. The van der Waals surface area contributed by atoms with E-state index in [-0.39, 0.29) is 11.3 Å². The SMILES string of the molecule is CN(CC1CCNC1)C(=O)C(C)(C)C. The van der Waals surface area contributed by atoms with E-state index < -0.39 is 0 Å². The molecule has 82 valence electrons. The number of nitrogens with zero attached hydrogens (tertiary/aromatic N) is 1. The lowest BCUT2D eigenvalue weighted by Crippen LogP contribution is -2.39. The average Bonchev–Trinajstić information content (AvgIpc) is 2.53. The van der Waals surface area contributed by atoms with Crippen LogP contribution in [0, 0.1) is 11.3 Å². The largest absolute Gasteiger partial charge is 0.345 e. The van der Waals surface area contributed by atoms with Crippen LogP contribution in [-0.2, 0) is 4.79 Å². The Morgan fingerprint density at radius 1 is 1.50 bits per heavy atom. The molecule has 1 aliphatic rings. The first kappa shape index (κ1) is 11.5. The number of carbonyl (C=O) groups excluding carboxylic acids is 1. The molecule has 0 aromatic heterocycles. The summed E-state index contributed by atoms with van der Waals surface area (Å²) in [4.78, 5) is 13.7. The van der Waals surface area contributed by atoms with Crippen LogP contribution in [0.1, 0.15) is 27.2 Å². The van der Waals surface area contributed by atoms with E-state index in [1.165, 1.54) is 6.42 Å². The zero-order valence-corrected chi connectivity index (χ0v) is 9.76. The van der Waals surface area contributed by atoms with Gasteiger partial charge in [0.25, 0.3) is 0 Å². The highest BCUT2D eigenvalue weighted by molar-refractivity contribution is 5.81. The van der Waals surface area contributed by atoms with Gasteiger partial charge in [0, 0.05) is 19.0 Å². The van der Waals surface area contributed by atoms with E-state index in [4.69, 9.17) is 0 Å². The van der Waals surface area contributed by atoms with Gasteiger partial charge in [-0.05, 0) is 25.4 Å². The molecule has 0 saturated carbocycles. The molecular weight excluding hydrogens is 176 g/mol. The second-order valence-corrected chi connectivity index (χ2v) is 5.29. The normalized spacial score (nSPS) is 22.4. The van der Waals surface area contributed by atoms with Crippen LogP contribution in [0.25, 0.3) is 0 Å². The van der Waals surface area contributed by atoms with Crippen molar-refractivity contribution in [2.24, 2.45) is 11.3 Å². The van der Waals surface area contributed by atoms with Gasteiger partial charge in [0.1, 0.15) is 0 Å². The van der Waals surface area contributed by atoms with Crippen LogP contribution in [0.5, 0.6) is 0 Å².